The molecule has 0 saturated carbocycles. The fraction of sp³-hybridized carbons (Fsp3) is 0.231. The molecule has 8 nitrogen and oxygen atoms in total. The summed E-state index contributed by atoms with van der Waals surface area (Å²) < 4.78 is 8.66. The monoisotopic (exact) mass is 283 g/mol. The van der Waals surface area contributed by atoms with Crippen LogP contribution in [-0.4, -0.2) is 29.4 Å². The number of nitrogen functional groups attached to an aromatic ring is 1. The largest absolute Gasteiger partial charge is 0.461 e. The zero-order valence-corrected chi connectivity index (χ0v) is 11.4. The van der Waals surface area contributed by atoms with Crippen molar-refractivity contribution in [2.75, 3.05) is 5.73 Å². The Kier molecular flexibility index (Phi) is 2.44. The van der Waals surface area contributed by atoms with Gasteiger partial charge in [0.25, 0.3) is 0 Å². The van der Waals surface area contributed by atoms with Gasteiger partial charge in [0, 0.05) is 6.54 Å². The van der Waals surface area contributed by atoms with Gasteiger partial charge in [-0.15, -0.1) is 5.10 Å². The van der Waals surface area contributed by atoms with Gasteiger partial charge in [-0.25, -0.2) is 9.67 Å². The molecule has 0 unspecified atom stereocenters. The maximum Gasteiger partial charge on any atom is 0.225 e. The van der Waals surface area contributed by atoms with Crippen molar-refractivity contribution in [3.05, 3.63) is 24.6 Å². The van der Waals surface area contributed by atoms with Crippen LogP contribution in [0, 0.1) is 0 Å². The number of rotatable bonds is 3. The van der Waals surface area contributed by atoms with Crippen molar-refractivity contribution >= 4 is 22.6 Å². The first-order chi connectivity index (χ1) is 10.3. The van der Waals surface area contributed by atoms with Gasteiger partial charge in [-0.3, -0.25) is 0 Å². The van der Waals surface area contributed by atoms with Crippen molar-refractivity contribution in [3.8, 4) is 11.6 Å². The molecule has 0 atom stereocenters. The molecular weight excluding hydrogens is 270 g/mol. The summed E-state index contributed by atoms with van der Waals surface area (Å²) in [7, 11) is 0. The SMILES string of the molecule is CCCn1ncc2c1nc(N)n1nc(-c3ccco3)nc21. The molecule has 21 heavy (non-hydrogen) atoms. The third-order valence-corrected chi connectivity index (χ3v) is 3.27. The lowest BCUT2D eigenvalue weighted by Gasteiger charge is -2.01. The maximum absolute atomic E-state index is 5.99. The fourth-order valence-corrected chi connectivity index (χ4v) is 2.34. The molecule has 0 radical (unpaired) electrons. The highest BCUT2D eigenvalue weighted by molar-refractivity contribution is 5.90. The minimum atomic E-state index is 0.278. The lowest BCUT2D eigenvalue weighted by Crippen LogP contribution is -2.05. The molecule has 2 N–H and O–H groups in total. The molecule has 0 saturated heterocycles. The van der Waals surface area contributed by atoms with Crippen LogP contribution in [0.25, 0.3) is 28.3 Å². The number of aryl methyl sites for hydroxylation is 1. The quantitative estimate of drug-likeness (QED) is 0.614. The number of nitrogens with two attached hydrogens (primary N) is 1. The highest BCUT2D eigenvalue weighted by atomic mass is 16.3. The van der Waals surface area contributed by atoms with Crippen molar-refractivity contribution < 1.29 is 4.42 Å². The van der Waals surface area contributed by atoms with Crippen LogP contribution in [0.15, 0.2) is 29.0 Å². The minimum Gasteiger partial charge on any atom is -0.461 e. The van der Waals surface area contributed by atoms with Crippen LogP contribution in [0.2, 0.25) is 0 Å². The van der Waals surface area contributed by atoms with Crippen molar-refractivity contribution in [2.24, 2.45) is 0 Å². The molecule has 0 aliphatic rings. The van der Waals surface area contributed by atoms with Crippen LogP contribution in [0.3, 0.4) is 0 Å². The number of aromatic nitrogens is 6. The van der Waals surface area contributed by atoms with Crippen LogP contribution in [0.5, 0.6) is 0 Å². The van der Waals surface area contributed by atoms with E-state index in [1.807, 2.05) is 4.68 Å². The summed E-state index contributed by atoms with van der Waals surface area (Å²) in [5.41, 5.74) is 7.34. The molecule has 0 aromatic carbocycles. The first-order valence-corrected chi connectivity index (χ1v) is 6.69. The van der Waals surface area contributed by atoms with E-state index in [4.69, 9.17) is 10.2 Å². The van der Waals surface area contributed by atoms with Gasteiger partial charge < -0.3 is 10.2 Å². The van der Waals surface area contributed by atoms with E-state index in [9.17, 15) is 0 Å². The molecule has 106 valence electrons. The molecule has 4 rings (SSSR count). The van der Waals surface area contributed by atoms with Gasteiger partial charge in [0.2, 0.25) is 11.8 Å². The Hall–Kier alpha value is -2.90. The minimum absolute atomic E-state index is 0.278. The van der Waals surface area contributed by atoms with Crippen LogP contribution >= 0.6 is 0 Å². The first kappa shape index (κ1) is 11.9. The Bertz CT molecular complexity index is 919. The van der Waals surface area contributed by atoms with Gasteiger partial charge >= 0.3 is 0 Å². The second-order valence-electron chi connectivity index (χ2n) is 4.72. The Balaban J connectivity index is 2.01. The molecule has 4 heterocycles. The summed E-state index contributed by atoms with van der Waals surface area (Å²) in [6.45, 7) is 2.87. The number of hydrogen-bond donors (Lipinski definition) is 1. The third kappa shape index (κ3) is 1.69. The highest BCUT2D eigenvalue weighted by Gasteiger charge is 2.16. The summed E-state index contributed by atoms with van der Waals surface area (Å²) in [5.74, 6) is 1.34. The van der Waals surface area contributed by atoms with Crippen LogP contribution in [0.1, 0.15) is 13.3 Å². The normalized spacial score (nSPS) is 11.7. The molecule has 0 aliphatic heterocycles. The molecule has 0 bridgehead atoms. The van der Waals surface area contributed by atoms with Crippen molar-refractivity contribution in [1.29, 1.82) is 0 Å². The van der Waals surface area contributed by atoms with Gasteiger partial charge in [0.05, 0.1) is 17.8 Å². The van der Waals surface area contributed by atoms with E-state index < -0.39 is 0 Å². The van der Waals surface area contributed by atoms with Gasteiger partial charge in [-0.1, -0.05) is 6.92 Å². The Labute approximate surface area is 119 Å². The van der Waals surface area contributed by atoms with E-state index >= 15 is 0 Å². The van der Waals surface area contributed by atoms with Gasteiger partial charge in [0.1, 0.15) is 0 Å². The summed E-state index contributed by atoms with van der Waals surface area (Å²) in [6, 6.07) is 3.59. The van der Waals surface area contributed by atoms with E-state index in [0.29, 0.717) is 17.2 Å². The van der Waals surface area contributed by atoms with Gasteiger partial charge in [-0.2, -0.15) is 14.6 Å². The highest BCUT2D eigenvalue weighted by Crippen LogP contribution is 2.23. The lowest BCUT2D eigenvalue weighted by molar-refractivity contribution is 0.577. The molecule has 8 heteroatoms. The molecule has 4 aromatic heterocycles. The molecule has 4 aromatic rings. The Morgan fingerprint density at radius 1 is 1.29 bits per heavy atom. The second-order valence-corrected chi connectivity index (χ2v) is 4.72. The first-order valence-electron chi connectivity index (χ1n) is 6.69. The van der Waals surface area contributed by atoms with Crippen molar-refractivity contribution in [3.63, 3.8) is 0 Å². The van der Waals surface area contributed by atoms with Crippen molar-refractivity contribution in [1.82, 2.24) is 29.4 Å². The van der Waals surface area contributed by atoms with Gasteiger partial charge in [-0.05, 0) is 18.6 Å². The van der Waals surface area contributed by atoms with Crippen LogP contribution in [-0.2, 0) is 6.54 Å². The predicted molar refractivity (Wildman–Crippen MR) is 76.5 cm³/mol. The Morgan fingerprint density at radius 3 is 2.95 bits per heavy atom. The Morgan fingerprint density at radius 2 is 2.19 bits per heavy atom. The zero-order chi connectivity index (χ0) is 14.4. The molecular formula is C13H13N7O. The number of fused-ring (bicyclic) bond motifs is 3. The number of hydrogen-bond acceptors (Lipinski definition) is 6. The predicted octanol–water partition coefficient (Wildman–Crippen LogP) is 1.73. The van der Waals surface area contributed by atoms with E-state index in [-0.39, 0.29) is 5.95 Å². The zero-order valence-electron chi connectivity index (χ0n) is 11.4. The molecule has 0 aliphatic carbocycles. The van der Waals surface area contributed by atoms with E-state index in [2.05, 4.69) is 27.1 Å². The maximum atomic E-state index is 5.99. The molecule has 0 spiro atoms. The van der Waals surface area contributed by atoms with E-state index in [1.165, 1.54) is 4.52 Å². The lowest BCUT2D eigenvalue weighted by atomic mass is 10.4. The summed E-state index contributed by atoms with van der Waals surface area (Å²) in [6.07, 6.45) is 4.29. The fourth-order valence-electron chi connectivity index (χ4n) is 2.34. The average molecular weight is 283 g/mol. The summed E-state index contributed by atoms with van der Waals surface area (Å²) in [5, 5.41) is 9.51. The molecule has 0 fully saturated rings. The third-order valence-electron chi connectivity index (χ3n) is 3.27. The summed E-state index contributed by atoms with van der Waals surface area (Å²) >= 11 is 0. The van der Waals surface area contributed by atoms with Crippen LogP contribution < -0.4 is 5.73 Å². The number of anilines is 1. The summed E-state index contributed by atoms with van der Waals surface area (Å²) in [4.78, 5) is 8.89. The van der Waals surface area contributed by atoms with Crippen LogP contribution in [0.4, 0.5) is 5.95 Å². The molecule has 0 amide bonds. The topological polar surface area (TPSA) is 100 Å². The average Bonchev–Trinajstić information content (AvgIpc) is 3.16. The standard InChI is InChI=1S/C13H13N7O/c1-2-5-19-11-8(7-15-19)12-16-10(9-4-3-6-21-9)18-20(12)13(14)17-11/h3-4,6-7H,2,5H2,1H3,(H2,14,17). The van der Waals surface area contributed by atoms with Crippen molar-refractivity contribution in [2.45, 2.75) is 19.9 Å². The smallest absolute Gasteiger partial charge is 0.225 e. The second kappa shape index (κ2) is 4.30. The van der Waals surface area contributed by atoms with E-state index in [0.717, 1.165) is 24.0 Å². The number of furan rings is 1. The van der Waals surface area contributed by atoms with E-state index in [1.54, 1.807) is 24.6 Å². The number of nitrogens with zero attached hydrogens (tertiary/aromatic N) is 6. The van der Waals surface area contributed by atoms with Gasteiger partial charge in [0.15, 0.2) is 17.1 Å².